The first-order chi connectivity index (χ1) is 7.53. The van der Waals surface area contributed by atoms with Crippen LogP contribution in [-0.4, -0.2) is 15.9 Å². The lowest BCUT2D eigenvalue weighted by Crippen LogP contribution is -2.34. The van der Waals surface area contributed by atoms with E-state index in [1.54, 1.807) is 6.07 Å². The van der Waals surface area contributed by atoms with Crippen LogP contribution in [0.25, 0.3) is 11.0 Å². The molecule has 0 spiro atoms. The molecule has 1 aromatic heterocycles. The van der Waals surface area contributed by atoms with Crippen LogP contribution in [-0.2, 0) is 0 Å². The monoisotopic (exact) mass is 226 g/mol. The lowest BCUT2D eigenvalue weighted by atomic mass is 9.81. The smallest absolute Gasteiger partial charge is 0.249 e. The molecular weight excluding hydrogens is 217 g/mol. The second kappa shape index (κ2) is 2.99. The Labute approximate surface area is 89.5 Å². The SMILES string of the molecule is Fc1ccc2nc(C3CC(F)(F)C3)[nH]c2c1. The molecule has 0 bridgehead atoms. The Bertz CT molecular complexity index is 539. The van der Waals surface area contributed by atoms with Gasteiger partial charge in [-0.05, 0) is 18.2 Å². The average Bonchev–Trinajstić information content (AvgIpc) is 2.56. The van der Waals surface area contributed by atoms with Gasteiger partial charge in [-0.1, -0.05) is 0 Å². The van der Waals surface area contributed by atoms with Crippen LogP contribution in [0.5, 0.6) is 0 Å². The third-order valence-corrected chi connectivity index (χ3v) is 2.94. The molecule has 1 aliphatic carbocycles. The number of nitrogens with zero attached hydrogens (tertiary/aromatic N) is 1. The maximum absolute atomic E-state index is 12.9. The van der Waals surface area contributed by atoms with Gasteiger partial charge in [0.05, 0.1) is 11.0 Å². The number of alkyl halides is 2. The molecule has 0 amide bonds. The number of hydrogen-bond donors (Lipinski definition) is 1. The van der Waals surface area contributed by atoms with Gasteiger partial charge in [-0.15, -0.1) is 0 Å². The van der Waals surface area contributed by atoms with Crippen LogP contribution in [0.4, 0.5) is 13.2 Å². The molecule has 1 heterocycles. The van der Waals surface area contributed by atoms with E-state index in [2.05, 4.69) is 9.97 Å². The Balaban J connectivity index is 1.95. The van der Waals surface area contributed by atoms with Crippen molar-refractivity contribution in [2.45, 2.75) is 24.7 Å². The summed E-state index contributed by atoms with van der Waals surface area (Å²) in [6, 6.07) is 4.17. The highest BCUT2D eigenvalue weighted by atomic mass is 19.3. The zero-order valence-corrected chi connectivity index (χ0v) is 8.30. The van der Waals surface area contributed by atoms with E-state index < -0.39 is 5.92 Å². The van der Waals surface area contributed by atoms with E-state index >= 15 is 0 Å². The Morgan fingerprint density at radius 3 is 2.75 bits per heavy atom. The van der Waals surface area contributed by atoms with E-state index in [9.17, 15) is 13.2 Å². The average molecular weight is 226 g/mol. The van der Waals surface area contributed by atoms with Gasteiger partial charge in [-0.2, -0.15) is 0 Å². The molecule has 5 heteroatoms. The Morgan fingerprint density at radius 2 is 2.06 bits per heavy atom. The van der Waals surface area contributed by atoms with E-state index in [-0.39, 0.29) is 24.6 Å². The van der Waals surface area contributed by atoms with Crippen molar-refractivity contribution in [1.29, 1.82) is 0 Å². The molecule has 84 valence electrons. The van der Waals surface area contributed by atoms with E-state index in [0.29, 0.717) is 16.9 Å². The highest BCUT2D eigenvalue weighted by molar-refractivity contribution is 5.75. The highest BCUT2D eigenvalue weighted by Crippen LogP contribution is 2.47. The lowest BCUT2D eigenvalue weighted by Gasteiger charge is -2.33. The normalized spacial score (nSPS) is 19.9. The van der Waals surface area contributed by atoms with E-state index in [1.807, 2.05) is 0 Å². The predicted octanol–water partition coefficient (Wildman–Crippen LogP) is 3.21. The first-order valence-corrected chi connectivity index (χ1v) is 5.06. The minimum absolute atomic E-state index is 0.171. The van der Waals surface area contributed by atoms with Crippen molar-refractivity contribution >= 4 is 11.0 Å². The van der Waals surface area contributed by atoms with Crippen LogP contribution in [0.1, 0.15) is 24.6 Å². The van der Waals surface area contributed by atoms with Crippen LogP contribution in [0.15, 0.2) is 18.2 Å². The molecular formula is C11H9F3N2. The number of halogens is 3. The molecule has 0 saturated heterocycles. The van der Waals surface area contributed by atoms with Crippen LogP contribution < -0.4 is 0 Å². The summed E-state index contributed by atoms with van der Waals surface area (Å²) in [5.74, 6) is -2.62. The summed E-state index contributed by atoms with van der Waals surface area (Å²) in [5.41, 5.74) is 1.18. The Morgan fingerprint density at radius 1 is 1.31 bits per heavy atom. The maximum Gasteiger partial charge on any atom is 0.249 e. The number of imidazole rings is 1. The van der Waals surface area contributed by atoms with Gasteiger partial charge in [0, 0.05) is 18.8 Å². The zero-order chi connectivity index (χ0) is 11.3. The molecule has 1 aliphatic rings. The van der Waals surface area contributed by atoms with Crippen molar-refractivity contribution in [2.75, 3.05) is 0 Å². The highest BCUT2D eigenvalue weighted by Gasteiger charge is 2.47. The second-order valence-electron chi connectivity index (χ2n) is 4.24. The fourth-order valence-corrected chi connectivity index (χ4v) is 2.05. The molecule has 2 aromatic rings. The van der Waals surface area contributed by atoms with E-state index in [4.69, 9.17) is 0 Å². The van der Waals surface area contributed by atoms with Gasteiger partial charge in [-0.3, -0.25) is 0 Å². The predicted molar refractivity (Wildman–Crippen MR) is 53.0 cm³/mol. The van der Waals surface area contributed by atoms with Crippen molar-refractivity contribution in [2.24, 2.45) is 0 Å². The summed E-state index contributed by atoms with van der Waals surface area (Å²) in [6.07, 6.45) is -0.343. The Hall–Kier alpha value is -1.52. The van der Waals surface area contributed by atoms with Crippen molar-refractivity contribution < 1.29 is 13.2 Å². The summed E-state index contributed by atoms with van der Waals surface area (Å²) in [7, 11) is 0. The molecule has 16 heavy (non-hydrogen) atoms. The molecule has 0 atom stereocenters. The summed E-state index contributed by atoms with van der Waals surface area (Å²) in [6.45, 7) is 0. The number of fused-ring (bicyclic) bond motifs is 1. The molecule has 1 aromatic carbocycles. The molecule has 1 saturated carbocycles. The summed E-state index contributed by atoms with van der Waals surface area (Å²) in [4.78, 5) is 7.08. The first kappa shape index (κ1) is 9.69. The number of H-pyrrole nitrogens is 1. The maximum atomic E-state index is 12.9. The Kier molecular flexibility index (Phi) is 1.81. The fourth-order valence-electron chi connectivity index (χ4n) is 2.05. The quantitative estimate of drug-likeness (QED) is 0.794. The number of nitrogens with one attached hydrogen (secondary N) is 1. The number of rotatable bonds is 1. The molecule has 0 unspecified atom stereocenters. The van der Waals surface area contributed by atoms with Crippen LogP contribution in [0, 0.1) is 5.82 Å². The molecule has 3 rings (SSSR count). The van der Waals surface area contributed by atoms with Gasteiger partial charge in [0.15, 0.2) is 0 Å². The van der Waals surface area contributed by atoms with Crippen molar-refractivity contribution in [3.63, 3.8) is 0 Å². The summed E-state index contributed by atoms with van der Waals surface area (Å²) in [5, 5.41) is 0. The minimum Gasteiger partial charge on any atom is -0.342 e. The third-order valence-electron chi connectivity index (χ3n) is 2.94. The van der Waals surface area contributed by atoms with Crippen molar-refractivity contribution in [3.05, 3.63) is 29.8 Å². The fraction of sp³-hybridized carbons (Fsp3) is 0.364. The summed E-state index contributed by atoms with van der Waals surface area (Å²) < 4.78 is 38.3. The van der Waals surface area contributed by atoms with Gasteiger partial charge >= 0.3 is 0 Å². The summed E-state index contributed by atoms with van der Waals surface area (Å²) >= 11 is 0. The van der Waals surface area contributed by atoms with E-state index in [1.165, 1.54) is 12.1 Å². The minimum atomic E-state index is -2.56. The topological polar surface area (TPSA) is 28.7 Å². The molecule has 0 aliphatic heterocycles. The second-order valence-corrected chi connectivity index (χ2v) is 4.24. The zero-order valence-electron chi connectivity index (χ0n) is 8.30. The number of hydrogen-bond acceptors (Lipinski definition) is 1. The van der Waals surface area contributed by atoms with Gasteiger partial charge in [0.2, 0.25) is 5.92 Å². The van der Waals surface area contributed by atoms with Crippen LogP contribution in [0.2, 0.25) is 0 Å². The largest absolute Gasteiger partial charge is 0.342 e. The first-order valence-electron chi connectivity index (χ1n) is 5.06. The van der Waals surface area contributed by atoms with Gasteiger partial charge in [0.25, 0.3) is 0 Å². The van der Waals surface area contributed by atoms with Crippen molar-refractivity contribution in [1.82, 2.24) is 9.97 Å². The van der Waals surface area contributed by atoms with Crippen molar-refractivity contribution in [3.8, 4) is 0 Å². The molecule has 1 fully saturated rings. The van der Waals surface area contributed by atoms with Crippen LogP contribution in [0.3, 0.4) is 0 Å². The van der Waals surface area contributed by atoms with Crippen LogP contribution >= 0.6 is 0 Å². The standard InChI is InChI=1S/C11H9F3N2/c12-7-1-2-8-9(3-7)16-10(15-8)6-4-11(13,14)5-6/h1-3,6H,4-5H2,(H,15,16). The molecule has 1 N–H and O–H groups in total. The molecule has 0 radical (unpaired) electrons. The number of aromatic nitrogens is 2. The lowest BCUT2D eigenvalue weighted by molar-refractivity contribution is -0.0883. The number of aromatic amines is 1. The molecule has 2 nitrogen and oxygen atoms in total. The van der Waals surface area contributed by atoms with Gasteiger partial charge in [0.1, 0.15) is 11.6 Å². The van der Waals surface area contributed by atoms with Gasteiger partial charge in [-0.25, -0.2) is 18.2 Å². The number of benzene rings is 1. The van der Waals surface area contributed by atoms with Gasteiger partial charge < -0.3 is 4.98 Å². The van der Waals surface area contributed by atoms with E-state index in [0.717, 1.165) is 0 Å². The third kappa shape index (κ3) is 1.47.